The predicted molar refractivity (Wildman–Crippen MR) is 144 cm³/mol. The van der Waals surface area contributed by atoms with E-state index >= 15 is 0 Å². The average Bonchev–Trinajstić information content (AvgIpc) is 2.92. The van der Waals surface area contributed by atoms with Crippen molar-refractivity contribution in [1.82, 2.24) is 0 Å². The fraction of sp³-hybridized carbons (Fsp3) is 0.0333. The first-order valence-electron chi connectivity index (χ1n) is 11.6. The summed E-state index contributed by atoms with van der Waals surface area (Å²) in [6.07, 6.45) is 0. The molecular weight excluding hydrogens is 484 g/mol. The topological polar surface area (TPSA) is 135 Å². The zero-order chi connectivity index (χ0) is 26.8. The van der Waals surface area contributed by atoms with Crippen LogP contribution in [0.2, 0.25) is 0 Å². The van der Waals surface area contributed by atoms with Crippen LogP contribution in [0.3, 0.4) is 0 Å². The molecule has 0 aliphatic rings. The molecule has 5 aromatic rings. The molecule has 188 valence electrons. The van der Waals surface area contributed by atoms with Crippen molar-refractivity contribution in [2.45, 2.75) is 6.92 Å². The molecule has 0 saturated carbocycles. The minimum absolute atomic E-state index is 0.212. The summed E-state index contributed by atoms with van der Waals surface area (Å²) in [7, 11) is 0. The molecule has 0 bridgehead atoms. The van der Waals surface area contributed by atoms with Gasteiger partial charge in [-0.3, -0.25) is 4.79 Å². The minimum atomic E-state index is -0.567. The van der Waals surface area contributed by atoms with Crippen molar-refractivity contribution in [3.8, 4) is 22.8 Å². The molecule has 0 amide bonds. The summed E-state index contributed by atoms with van der Waals surface area (Å²) in [5.74, 6) is -0.188. The van der Waals surface area contributed by atoms with Crippen LogP contribution in [0.25, 0.3) is 22.3 Å². The largest absolute Gasteiger partial charge is 0.455 e. The minimum Gasteiger partial charge on any atom is -0.455 e. The number of hydrogen-bond donors (Lipinski definition) is 2. The van der Waals surface area contributed by atoms with Gasteiger partial charge < -0.3 is 25.4 Å². The summed E-state index contributed by atoms with van der Waals surface area (Å²) in [6.45, 7) is 1.67. The summed E-state index contributed by atoms with van der Waals surface area (Å²) < 4.78 is 17.0. The van der Waals surface area contributed by atoms with Gasteiger partial charge in [0.2, 0.25) is 0 Å². The van der Waals surface area contributed by atoms with Gasteiger partial charge >= 0.3 is 11.9 Å². The van der Waals surface area contributed by atoms with Crippen molar-refractivity contribution in [3.05, 3.63) is 118 Å². The molecule has 5 rings (SSSR count). The Balaban J connectivity index is 1.40. The third-order valence-electron chi connectivity index (χ3n) is 5.92. The number of nitrogens with two attached hydrogens (primary N) is 2. The third kappa shape index (κ3) is 4.96. The first-order valence-corrected chi connectivity index (χ1v) is 11.6. The Morgan fingerprint density at radius 1 is 0.684 bits per heavy atom. The number of hydrogen-bond acceptors (Lipinski definition) is 8. The first kappa shape index (κ1) is 24.3. The van der Waals surface area contributed by atoms with Gasteiger partial charge in [0, 0.05) is 28.6 Å². The summed E-state index contributed by atoms with van der Waals surface area (Å²) in [6, 6.07) is 23.9. The fourth-order valence-corrected chi connectivity index (χ4v) is 3.85. The van der Waals surface area contributed by atoms with Crippen LogP contribution in [-0.2, 0) is 0 Å². The van der Waals surface area contributed by atoms with Gasteiger partial charge in [-0.15, -0.1) is 0 Å². The molecule has 1 aromatic heterocycles. The van der Waals surface area contributed by atoms with Gasteiger partial charge in [-0.1, -0.05) is 0 Å². The van der Waals surface area contributed by atoms with E-state index in [1.54, 1.807) is 85.8 Å². The highest BCUT2D eigenvalue weighted by molar-refractivity contribution is 5.92. The van der Waals surface area contributed by atoms with Crippen LogP contribution in [0.15, 0.2) is 100 Å². The maximum atomic E-state index is 13.0. The second kappa shape index (κ2) is 9.94. The molecule has 38 heavy (non-hydrogen) atoms. The van der Waals surface area contributed by atoms with Crippen molar-refractivity contribution in [1.29, 1.82) is 0 Å². The lowest BCUT2D eigenvalue weighted by molar-refractivity contribution is 0.0725. The van der Waals surface area contributed by atoms with E-state index in [0.29, 0.717) is 50.5 Å². The average molecular weight is 507 g/mol. The molecule has 4 N–H and O–H groups in total. The van der Waals surface area contributed by atoms with E-state index in [9.17, 15) is 14.4 Å². The van der Waals surface area contributed by atoms with E-state index in [0.717, 1.165) is 0 Å². The standard InChI is InChI=1S/C30H22N2O6/c1-17-27(33)25-15-14-24(37-30(35)20-4-10-22(32)11-5-20)16-26(25)38-28(17)18-6-12-23(13-7-18)36-29(34)19-2-8-21(31)9-3-19/h2-16H,31-32H2,1H3. The number of benzene rings is 4. The molecule has 0 radical (unpaired) electrons. The lowest BCUT2D eigenvalue weighted by Gasteiger charge is -2.10. The van der Waals surface area contributed by atoms with Crippen LogP contribution in [-0.4, -0.2) is 11.9 Å². The van der Waals surface area contributed by atoms with Gasteiger partial charge in [-0.2, -0.15) is 0 Å². The van der Waals surface area contributed by atoms with Gasteiger partial charge in [0.1, 0.15) is 22.8 Å². The molecule has 0 aliphatic carbocycles. The van der Waals surface area contributed by atoms with E-state index in [2.05, 4.69) is 0 Å². The highest BCUT2D eigenvalue weighted by atomic mass is 16.5. The Morgan fingerprint density at radius 3 is 1.74 bits per heavy atom. The quantitative estimate of drug-likeness (QED) is 0.184. The zero-order valence-electron chi connectivity index (χ0n) is 20.3. The van der Waals surface area contributed by atoms with Crippen molar-refractivity contribution in [3.63, 3.8) is 0 Å². The highest BCUT2D eigenvalue weighted by Crippen LogP contribution is 2.29. The van der Waals surface area contributed by atoms with E-state index in [1.165, 1.54) is 12.1 Å². The highest BCUT2D eigenvalue weighted by Gasteiger charge is 2.16. The Hall–Kier alpha value is -5.37. The van der Waals surface area contributed by atoms with Crippen molar-refractivity contribution in [2.75, 3.05) is 11.5 Å². The molecule has 8 nitrogen and oxygen atoms in total. The van der Waals surface area contributed by atoms with Crippen molar-refractivity contribution >= 4 is 34.3 Å². The van der Waals surface area contributed by atoms with Crippen molar-refractivity contribution < 1.29 is 23.5 Å². The molecule has 0 unspecified atom stereocenters. The molecule has 4 aromatic carbocycles. The molecule has 0 saturated heterocycles. The van der Waals surface area contributed by atoms with Gasteiger partial charge in [0.15, 0.2) is 5.43 Å². The Labute approximate surface area is 217 Å². The molecular formula is C30H22N2O6. The SMILES string of the molecule is Cc1c(-c2ccc(OC(=O)c3ccc(N)cc3)cc2)oc2cc(OC(=O)c3ccc(N)cc3)ccc2c1=O. The first-order chi connectivity index (χ1) is 18.3. The van der Waals surface area contributed by atoms with Crippen LogP contribution in [0.5, 0.6) is 11.5 Å². The summed E-state index contributed by atoms with van der Waals surface area (Å²) in [4.78, 5) is 37.9. The zero-order valence-corrected chi connectivity index (χ0v) is 20.3. The smallest absolute Gasteiger partial charge is 0.343 e. The number of carbonyl (C=O) groups is 2. The number of rotatable bonds is 5. The summed E-state index contributed by atoms with van der Waals surface area (Å²) >= 11 is 0. The van der Waals surface area contributed by atoms with Gasteiger partial charge in [-0.25, -0.2) is 9.59 Å². The Morgan fingerprint density at radius 2 is 1.18 bits per heavy atom. The maximum Gasteiger partial charge on any atom is 0.343 e. The Kier molecular flexibility index (Phi) is 6.37. The summed E-state index contributed by atoms with van der Waals surface area (Å²) in [5.41, 5.74) is 14.2. The fourth-order valence-electron chi connectivity index (χ4n) is 3.85. The second-order valence-electron chi connectivity index (χ2n) is 8.59. The van der Waals surface area contributed by atoms with E-state index in [-0.39, 0.29) is 16.8 Å². The lowest BCUT2D eigenvalue weighted by Crippen LogP contribution is -2.10. The number of anilines is 2. The molecule has 0 aliphatic heterocycles. The van der Waals surface area contributed by atoms with Crippen LogP contribution in [0.4, 0.5) is 11.4 Å². The third-order valence-corrected chi connectivity index (χ3v) is 5.92. The normalized spacial score (nSPS) is 10.8. The molecule has 1 heterocycles. The van der Waals surface area contributed by atoms with Crippen molar-refractivity contribution in [2.24, 2.45) is 0 Å². The van der Waals surface area contributed by atoms with Gasteiger partial charge in [0.25, 0.3) is 0 Å². The van der Waals surface area contributed by atoms with Crippen LogP contribution in [0, 0.1) is 6.92 Å². The molecule has 0 atom stereocenters. The Bertz CT molecular complexity index is 1720. The summed E-state index contributed by atoms with van der Waals surface area (Å²) in [5, 5.41) is 0.354. The monoisotopic (exact) mass is 506 g/mol. The lowest BCUT2D eigenvalue weighted by atomic mass is 10.1. The van der Waals surface area contributed by atoms with Gasteiger partial charge in [0.05, 0.1) is 16.5 Å². The second-order valence-corrected chi connectivity index (χ2v) is 8.59. The number of esters is 2. The van der Waals surface area contributed by atoms with Gasteiger partial charge in [-0.05, 0) is 91.9 Å². The number of ether oxygens (including phenoxy) is 2. The number of fused-ring (bicyclic) bond motifs is 1. The van der Waals surface area contributed by atoms with E-state index in [4.69, 9.17) is 25.4 Å². The van der Waals surface area contributed by atoms with Crippen LogP contribution < -0.4 is 26.4 Å². The van der Waals surface area contributed by atoms with E-state index in [1.807, 2.05) is 0 Å². The number of nitrogen functional groups attached to an aromatic ring is 2. The number of carbonyl (C=O) groups excluding carboxylic acids is 2. The van der Waals surface area contributed by atoms with E-state index < -0.39 is 11.9 Å². The molecule has 8 heteroatoms. The van der Waals surface area contributed by atoms with Crippen LogP contribution >= 0.6 is 0 Å². The van der Waals surface area contributed by atoms with Crippen LogP contribution in [0.1, 0.15) is 26.3 Å². The molecule has 0 fully saturated rings. The predicted octanol–water partition coefficient (Wildman–Crippen LogP) is 5.37. The molecule has 0 spiro atoms. The maximum absolute atomic E-state index is 13.0.